The SMILES string of the molecule is CCOC(=O)C1CNNC1S(=O)(=O)NC(CN1CCOCC1)c1ccccc1. The largest absolute Gasteiger partial charge is 0.466 e. The maximum Gasteiger partial charge on any atom is 0.313 e. The monoisotopic (exact) mass is 412 g/mol. The van der Waals surface area contributed by atoms with Gasteiger partial charge in [0, 0.05) is 26.2 Å². The van der Waals surface area contributed by atoms with Gasteiger partial charge in [-0.2, -0.15) is 0 Å². The molecule has 0 radical (unpaired) electrons. The number of esters is 1. The van der Waals surface area contributed by atoms with E-state index in [2.05, 4.69) is 20.5 Å². The molecule has 3 unspecified atom stereocenters. The quantitative estimate of drug-likeness (QED) is 0.495. The summed E-state index contributed by atoms with van der Waals surface area (Å²) >= 11 is 0. The van der Waals surface area contributed by atoms with Crippen LogP contribution in [0.4, 0.5) is 0 Å². The van der Waals surface area contributed by atoms with Crippen LogP contribution in [0, 0.1) is 5.92 Å². The summed E-state index contributed by atoms with van der Waals surface area (Å²) in [6.45, 7) is 5.39. The van der Waals surface area contributed by atoms with Gasteiger partial charge in [-0.15, -0.1) is 0 Å². The van der Waals surface area contributed by atoms with Crippen LogP contribution >= 0.6 is 0 Å². The Bertz CT molecular complexity index is 740. The van der Waals surface area contributed by atoms with Gasteiger partial charge in [-0.1, -0.05) is 30.3 Å². The molecule has 0 aliphatic carbocycles. The molecule has 0 aromatic heterocycles. The van der Waals surface area contributed by atoms with E-state index in [0.29, 0.717) is 19.8 Å². The van der Waals surface area contributed by atoms with E-state index in [4.69, 9.17) is 9.47 Å². The average molecular weight is 413 g/mol. The van der Waals surface area contributed by atoms with Gasteiger partial charge in [-0.05, 0) is 12.5 Å². The van der Waals surface area contributed by atoms with Gasteiger partial charge in [0.15, 0.2) is 5.37 Å². The lowest BCUT2D eigenvalue weighted by Crippen LogP contribution is -2.50. The molecular formula is C18H28N4O5S. The summed E-state index contributed by atoms with van der Waals surface area (Å²) in [6.07, 6.45) is 0. The molecule has 156 valence electrons. The van der Waals surface area contributed by atoms with Crippen molar-refractivity contribution in [2.24, 2.45) is 5.92 Å². The molecular weight excluding hydrogens is 384 g/mol. The number of benzene rings is 1. The van der Waals surface area contributed by atoms with E-state index in [1.54, 1.807) is 6.92 Å². The van der Waals surface area contributed by atoms with Crippen molar-refractivity contribution < 1.29 is 22.7 Å². The maximum atomic E-state index is 13.1. The molecule has 3 rings (SSSR count). The highest BCUT2D eigenvalue weighted by molar-refractivity contribution is 7.90. The summed E-state index contributed by atoms with van der Waals surface area (Å²) in [4.78, 5) is 14.3. The van der Waals surface area contributed by atoms with E-state index in [1.165, 1.54) is 0 Å². The van der Waals surface area contributed by atoms with Crippen LogP contribution in [0.2, 0.25) is 0 Å². The normalized spacial score (nSPS) is 24.8. The fraction of sp³-hybridized carbons (Fsp3) is 0.611. The number of morpholine rings is 1. The molecule has 1 aromatic rings. The molecule has 10 heteroatoms. The Morgan fingerprint density at radius 3 is 2.71 bits per heavy atom. The lowest BCUT2D eigenvalue weighted by molar-refractivity contribution is -0.147. The van der Waals surface area contributed by atoms with Crippen LogP contribution in [0.3, 0.4) is 0 Å². The Balaban J connectivity index is 1.77. The van der Waals surface area contributed by atoms with Crippen molar-refractivity contribution in [2.75, 3.05) is 46.0 Å². The molecule has 9 nitrogen and oxygen atoms in total. The minimum atomic E-state index is -3.85. The van der Waals surface area contributed by atoms with Crippen LogP contribution in [-0.2, 0) is 24.3 Å². The van der Waals surface area contributed by atoms with Crippen molar-refractivity contribution in [3.63, 3.8) is 0 Å². The Morgan fingerprint density at radius 1 is 1.32 bits per heavy atom. The van der Waals surface area contributed by atoms with E-state index in [9.17, 15) is 13.2 Å². The number of hydrazine groups is 1. The third kappa shape index (κ3) is 5.28. The Kier molecular flexibility index (Phi) is 7.38. The summed E-state index contributed by atoms with van der Waals surface area (Å²) in [5.74, 6) is -1.34. The topological polar surface area (TPSA) is 109 Å². The van der Waals surface area contributed by atoms with Crippen LogP contribution in [-0.4, -0.2) is 70.7 Å². The molecule has 3 atom stereocenters. The molecule has 0 bridgehead atoms. The van der Waals surface area contributed by atoms with Crippen molar-refractivity contribution in [3.8, 4) is 0 Å². The minimum absolute atomic E-state index is 0.198. The lowest BCUT2D eigenvalue weighted by atomic mass is 10.1. The Labute approximate surface area is 165 Å². The van der Waals surface area contributed by atoms with Crippen LogP contribution in [0.15, 0.2) is 30.3 Å². The second-order valence-electron chi connectivity index (χ2n) is 6.84. The smallest absolute Gasteiger partial charge is 0.313 e. The van der Waals surface area contributed by atoms with Crippen LogP contribution in [0.25, 0.3) is 0 Å². The van der Waals surface area contributed by atoms with Gasteiger partial charge in [-0.25, -0.2) is 18.6 Å². The van der Waals surface area contributed by atoms with Crippen LogP contribution in [0.5, 0.6) is 0 Å². The molecule has 2 saturated heterocycles. The predicted molar refractivity (Wildman–Crippen MR) is 104 cm³/mol. The number of hydrogen-bond donors (Lipinski definition) is 3. The zero-order valence-corrected chi connectivity index (χ0v) is 16.8. The van der Waals surface area contributed by atoms with Gasteiger partial charge >= 0.3 is 5.97 Å². The van der Waals surface area contributed by atoms with Crippen molar-refractivity contribution in [2.45, 2.75) is 18.3 Å². The van der Waals surface area contributed by atoms with E-state index >= 15 is 0 Å². The maximum absolute atomic E-state index is 13.1. The first-order valence-electron chi connectivity index (χ1n) is 9.52. The van der Waals surface area contributed by atoms with Crippen molar-refractivity contribution in [3.05, 3.63) is 35.9 Å². The molecule has 1 aromatic carbocycles. The van der Waals surface area contributed by atoms with Gasteiger partial charge in [0.05, 0.1) is 25.9 Å². The third-order valence-electron chi connectivity index (χ3n) is 4.91. The van der Waals surface area contributed by atoms with Crippen LogP contribution in [0.1, 0.15) is 18.5 Å². The highest BCUT2D eigenvalue weighted by atomic mass is 32.2. The first-order chi connectivity index (χ1) is 13.5. The van der Waals surface area contributed by atoms with Crippen molar-refractivity contribution in [1.82, 2.24) is 20.5 Å². The number of carbonyl (C=O) groups excluding carboxylic acids is 1. The highest BCUT2D eigenvalue weighted by Crippen LogP contribution is 2.21. The fourth-order valence-corrected chi connectivity index (χ4v) is 5.07. The average Bonchev–Trinajstić information content (AvgIpc) is 3.20. The lowest BCUT2D eigenvalue weighted by Gasteiger charge is -2.31. The first kappa shape index (κ1) is 21.2. The molecule has 2 aliphatic rings. The summed E-state index contributed by atoms with van der Waals surface area (Å²) < 4.78 is 39.4. The first-order valence-corrected chi connectivity index (χ1v) is 11.1. The summed E-state index contributed by atoms with van der Waals surface area (Å²) in [5, 5.41) is -1.09. The highest BCUT2D eigenvalue weighted by Gasteiger charge is 2.43. The zero-order chi connectivity index (χ0) is 20.0. The molecule has 0 amide bonds. The number of hydrogen-bond acceptors (Lipinski definition) is 8. The van der Waals surface area contributed by atoms with E-state index in [0.717, 1.165) is 18.7 Å². The minimum Gasteiger partial charge on any atom is -0.466 e. The molecule has 2 fully saturated rings. The zero-order valence-electron chi connectivity index (χ0n) is 16.0. The molecule has 2 heterocycles. The molecule has 2 aliphatic heterocycles. The summed E-state index contributed by atoms with van der Waals surface area (Å²) in [7, 11) is -3.85. The van der Waals surface area contributed by atoms with Crippen LogP contribution < -0.4 is 15.6 Å². The van der Waals surface area contributed by atoms with E-state index < -0.39 is 33.3 Å². The van der Waals surface area contributed by atoms with Gasteiger partial charge in [0.2, 0.25) is 10.0 Å². The second kappa shape index (κ2) is 9.77. The number of rotatable bonds is 8. The summed E-state index contributed by atoms with van der Waals surface area (Å²) in [6, 6.07) is 9.02. The predicted octanol–water partition coefficient (Wildman–Crippen LogP) is -0.407. The van der Waals surface area contributed by atoms with Crippen molar-refractivity contribution in [1.29, 1.82) is 0 Å². The van der Waals surface area contributed by atoms with Gasteiger partial charge < -0.3 is 9.47 Å². The molecule has 3 N–H and O–H groups in total. The Morgan fingerprint density at radius 2 is 2.04 bits per heavy atom. The number of nitrogens with one attached hydrogen (secondary N) is 3. The number of nitrogens with zero attached hydrogens (tertiary/aromatic N) is 1. The fourth-order valence-electron chi connectivity index (χ4n) is 3.44. The van der Waals surface area contributed by atoms with Gasteiger partial charge in [0.1, 0.15) is 5.92 Å². The van der Waals surface area contributed by atoms with Gasteiger partial charge in [0.25, 0.3) is 0 Å². The second-order valence-corrected chi connectivity index (χ2v) is 8.68. The summed E-state index contributed by atoms with van der Waals surface area (Å²) in [5.41, 5.74) is 6.35. The molecule has 0 saturated carbocycles. The number of sulfonamides is 1. The molecule has 0 spiro atoms. The number of ether oxygens (including phenoxy) is 2. The van der Waals surface area contributed by atoms with E-state index in [1.807, 2.05) is 30.3 Å². The number of carbonyl (C=O) groups is 1. The standard InChI is InChI=1S/C18H28N4O5S/c1-2-27-18(23)15-12-19-20-17(15)28(24,25)21-16(14-6-4-3-5-7-14)13-22-8-10-26-11-9-22/h3-7,15-17,19-21H,2,8-13H2,1H3. The van der Waals surface area contributed by atoms with Gasteiger partial charge in [-0.3, -0.25) is 15.1 Å². The Hall–Kier alpha value is -1.56. The molecule has 28 heavy (non-hydrogen) atoms. The van der Waals surface area contributed by atoms with Crippen molar-refractivity contribution >= 4 is 16.0 Å². The third-order valence-corrected chi connectivity index (χ3v) is 6.64. The van der Waals surface area contributed by atoms with E-state index in [-0.39, 0.29) is 13.2 Å².